The molecule has 0 radical (unpaired) electrons. The normalized spacial score (nSPS) is 18.9. The zero-order valence-corrected chi connectivity index (χ0v) is 31.9. The number of ether oxygens (including phenoxy) is 1. The van der Waals surface area contributed by atoms with Gasteiger partial charge < -0.3 is 9.64 Å². The molecule has 0 spiro atoms. The fourth-order valence-electron chi connectivity index (χ4n) is 8.06. The van der Waals surface area contributed by atoms with Crippen molar-refractivity contribution < 1.29 is 28.7 Å². The molecule has 284 valence electrons. The minimum Gasteiger partial charge on any atom is -0.375 e. The number of carbonyl (C=O) groups is 5. The van der Waals surface area contributed by atoms with Crippen LogP contribution in [0.25, 0.3) is 11.1 Å². The summed E-state index contributed by atoms with van der Waals surface area (Å²) in [6.07, 6.45) is 3.95. The predicted octanol–water partition coefficient (Wildman–Crippen LogP) is 6.85. The smallest absolute Gasteiger partial charge is 0.262 e. The molecule has 11 nitrogen and oxygen atoms in total. The second-order valence-electron chi connectivity index (χ2n) is 15.4. The molecule has 0 saturated carbocycles. The van der Waals surface area contributed by atoms with Gasteiger partial charge in [0.1, 0.15) is 12.1 Å². The number of halogens is 1. The van der Waals surface area contributed by atoms with Crippen molar-refractivity contribution >= 4 is 58.2 Å². The summed E-state index contributed by atoms with van der Waals surface area (Å²) in [5, 5.41) is 11.8. The zero-order chi connectivity index (χ0) is 39.3. The van der Waals surface area contributed by atoms with E-state index in [1.807, 2.05) is 32.0 Å². The van der Waals surface area contributed by atoms with Gasteiger partial charge in [-0.2, -0.15) is 5.26 Å². The molecule has 4 aliphatic rings. The molecule has 0 bridgehead atoms. The van der Waals surface area contributed by atoms with Gasteiger partial charge in [-0.25, -0.2) is 0 Å². The predicted molar refractivity (Wildman–Crippen MR) is 211 cm³/mol. The number of rotatable bonds is 11. The van der Waals surface area contributed by atoms with E-state index in [-0.39, 0.29) is 24.9 Å². The van der Waals surface area contributed by atoms with Gasteiger partial charge in [0.2, 0.25) is 17.7 Å². The Balaban J connectivity index is 0.790. The highest BCUT2D eigenvalue weighted by Crippen LogP contribution is 2.47. The number of amides is 5. The first-order valence-corrected chi connectivity index (χ1v) is 19.3. The molecule has 4 aliphatic heterocycles. The SMILES string of the molecule is CC1(C)C(=O)N(c2ccc(C#N)c(Cl)c2)c2ccc(-c3ccc(N4CC(OCCCCCc5ccc6c(c5)C(=O)N(C5CCC(=O)NC5=O)C6=O)C4)cc3)cc21. The summed E-state index contributed by atoms with van der Waals surface area (Å²) in [4.78, 5) is 68.5. The Kier molecular flexibility index (Phi) is 9.73. The number of unbranched alkanes of at least 4 members (excludes halogenated alkanes) is 2. The number of fused-ring (bicyclic) bond motifs is 2. The summed E-state index contributed by atoms with van der Waals surface area (Å²) in [5.41, 5.74) is 6.79. The summed E-state index contributed by atoms with van der Waals surface area (Å²) in [7, 11) is 0. The van der Waals surface area contributed by atoms with Gasteiger partial charge in [0, 0.05) is 31.8 Å². The maximum Gasteiger partial charge on any atom is 0.262 e. The molecule has 4 aromatic rings. The van der Waals surface area contributed by atoms with Crippen LogP contribution in [0.1, 0.15) is 83.4 Å². The van der Waals surface area contributed by atoms with Crippen molar-refractivity contribution in [3.8, 4) is 17.2 Å². The highest BCUT2D eigenvalue weighted by atomic mass is 35.5. The van der Waals surface area contributed by atoms with Crippen LogP contribution in [0, 0.1) is 11.3 Å². The standard InChI is InChI=1S/C44H40ClN5O6/c1-44(2)35-21-28(11-16-37(35)49(43(44)55)31-14-10-29(23-46)36(45)22-31)27-8-12-30(13-9-27)48-24-32(25-48)56-19-5-3-4-6-26-7-15-33-34(20-26)42(54)50(41(33)53)38-17-18-39(51)47-40(38)52/h7-16,20-22,32,38H,3-6,17-19,24-25H2,1-2H3,(H,47,51,52). The molecule has 8 rings (SSSR count). The van der Waals surface area contributed by atoms with Crippen molar-refractivity contribution in [3.05, 3.63) is 112 Å². The van der Waals surface area contributed by atoms with Gasteiger partial charge in [0.25, 0.3) is 11.8 Å². The van der Waals surface area contributed by atoms with Crippen LogP contribution in [0.4, 0.5) is 17.1 Å². The monoisotopic (exact) mass is 769 g/mol. The molecule has 4 heterocycles. The number of benzene rings is 4. The minimum atomic E-state index is -0.964. The number of nitrogens with one attached hydrogen (secondary N) is 1. The molecule has 0 aliphatic carbocycles. The van der Waals surface area contributed by atoms with E-state index in [1.54, 1.807) is 35.2 Å². The summed E-state index contributed by atoms with van der Waals surface area (Å²) < 4.78 is 6.14. The Bertz CT molecular complexity index is 2340. The van der Waals surface area contributed by atoms with Crippen LogP contribution in [0.5, 0.6) is 0 Å². The maximum atomic E-state index is 13.6. The molecule has 4 aromatic carbocycles. The number of aryl methyl sites for hydroxylation is 1. The minimum absolute atomic E-state index is 0.0496. The summed E-state index contributed by atoms with van der Waals surface area (Å²) in [6, 6.07) is 26.0. The van der Waals surface area contributed by atoms with Gasteiger partial charge in [0.15, 0.2) is 0 Å². The Morgan fingerprint density at radius 3 is 2.30 bits per heavy atom. The molecule has 2 fully saturated rings. The van der Waals surface area contributed by atoms with Crippen molar-refractivity contribution in [2.45, 2.75) is 69.9 Å². The third-order valence-corrected chi connectivity index (χ3v) is 11.7. The second-order valence-corrected chi connectivity index (χ2v) is 15.8. The first-order valence-electron chi connectivity index (χ1n) is 18.9. The van der Waals surface area contributed by atoms with Crippen molar-refractivity contribution in [2.75, 3.05) is 29.5 Å². The lowest BCUT2D eigenvalue weighted by Gasteiger charge is -2.40. The summed E-state index contributed by atoms with van der Waals surface area (Å²) in [6.45, 7) is 6.17. The van der Waals surface area contributed by atoms with Gasteiger partial charge in [-0.15, -0.1) is 0 Å². The number of imide groups is 2. The van der Waals surface area contributed by atoms with E-state index >= 15 is 0 Å². The average Bonchev–Trinajstić information content (AvgIpc) is 3.53. The van der Waals surface area contributed by atoms with Gasteiger partial charge in [0.05, 0.1) is 44.6 Å². The zero-order valence-electron chi connectivity index (χ0n) is 31.1. The Morgan fingerprint density at radius 1 is 0.839 bits per heavy atom. The lowest BCUT2D eigenvalue weighted by atomic mass is 9.84. The molecule has 56 heavy (non-hydrogen) atoms. The van der Waals surface area contributed by atoms with E-state index in [1.165, 1.54) is 0 Å². The third-order valence-electron chi connectivity index (χ3n) is 11.4. The van der Waals surface area contributed by atoms with E-state index in [4.69, 9.17) is 16.3 Å². The fourth-order valence-corrected chi connectivity index (χ4v) is 8.27. The topological polar surface area (TPSA) is 140 Å². The van der Waals surface area contributed by atoms with Gasteiger partial charge in [-0.3, -0.25) is 39.1 Å². The van der Waals surface area contributed by atoms with Crippen molar-refractivity contribution in [2.24, 2.45) is 0 Å². The van der Waals surface area contributed by atoms with E-state index in [2.05, 4.69) is 46.6 Å². The Hall–Kier alpha value is -5.83. The lowest BCUT2D eigenvalue weighted by molar-refractivity contribution is -0.136. The van der Waals surface area contributed by atoms with Crippen LogP contribution in [-0.4, -0.2) is 66.3 Å². The first kappa shape index (κ1) is 37.1. The molecule has 0 aromatic heterocycles. The molecular weight excluding hydrogens is 730 g/mol. The molecular formula is C44H40ClN5O6. The summed E-state index contributed by atoms with van der Waals surface area (Å²) in [5.74, 6) is -2.03. The van der Waals surface area contributed by atoms with Crippen LogP contribution < -0.4 is 15.1 Å². The van der Waals surface area contributed by atoms with Crippen molar-refractivity contribution in [1.29, 1.82) is 5.26 Å². The number of piperidine rings is 1. The maximum absolute atomic E-state index is 13.6. The van der Waals surface area contributed by atoms with Gasteiger partial charge in [-0.1, -0.05) is 42.3 Å². The largest absolute Gasteiger partial charge is 0.375 e. The molecule has 1 unspecified atom stereocenters. The molecule has 2 saturated heterocycles. The van der Waals surface area contributed by atoms with E-state index in [9.17, 15) is 29.2 Å². The van der Waals surface area contributed by atoms with Crippen LogP contribution in [0.15, 0.2) is 78.9 Å². The number of hydrogen-bond acceptors (Lipinski definition) is 8. The van der Waals surface area contributed by atoms with E-state index in [0.29, 0.717) is 34.0 Å². The number of carbonyl (C=O) groups excluding carboxylic acids is 5. The Labute approximate surface area is 329 Å². The van der Waals surface area contributed by atoms with Gasteiger partial charge in [-0.05, 0) is 116 Å². The number of nitrogens with zero attached hydrogens (tertiary/aromatic N) is 4. The van der Waals surface area contributed by atoms with Crippen molar-refractivity contribution in [1.82, 2.24) is 10.2 Å². The third kappa shape index (κ3) is 6.63. The molecule has 5 amide bonds. The number of anilines is 3. The quantitative estimate of drug-likeness (QED) is 0.129. The number of hydrogen-bond donors (Lipinski definition) is 1. The summed E-state index contributed by atoms with van der Waals surface area (Å²) >= 11 is 6.32. The number of nitriles is 1. The fraction of sp³-hybridized carbons (Fsp3) is 0.318. The van der Waals surface area contributed by atoms with Crippen molar-refractivity contribution in [3.63, 3.8) is 0 Å². The van der Waals surface area contributed by atoms with Crippen LogP contribution in [0.3, 0.4) is 0 Å². The highest BCUT2D eigenvalue weighted by Gasteiger charge is 2.46. The molecule has 12 heteroatoms. The van der Waals surface area contributed by atoms with Gasteiger partial charge >= 0.3 is 0 Å². The van der Waals surface area contributed by atoms with E-state index < -0.39 is 35.1 Å². The molecule has 1 N–H and O–H groups in total. The van der Waals surface area contributed by atoms with Crippen LogP contribution in [0.2, 0.25) is 5.02 Å². The van der Waals surface area contributed by atoms with E-state index in [0.717, 1.165) is 77.3 Å². The first-order chi connectivity index (χ1) is 26.9. The molecule has 1 atom stereocenters. The average molecular weight is 770 g/mol. The van der Waals surface area contributed by atoms with Crippen LogP contribution in [-0.2, 0) is 31.0 Å². The van der Waals surface area contributed by atoms with Crippen LogP contribution >= 0.6 is 11.6 Å². The second kappa shape index (κ2) is 14.7. The lowest BCUT2D eigenvalue weighted by Crippen LogP contribution is -2.54. The highest BCUT2D eigenvalue weighted by molar-refractivity contribution is 6.32. The Morgan fingerprint density at radius 2 is 1.57 bits per heavy atom.